The van der Waals surface area contributed by atoms with Gasteiger partial charge in [0, 0.05) is 23.0 Å². The van der Waals surface area contributed by atoms with Gasteiger partial charge >= 0.3 is 5.97 Å². The Morgan fingerprint density at radius 2 is 2.18 bits per heavy atom. The minimum atomic E-state index is -0.956. The Bertz CT molecular complexity index is 533. The van der Waals surface area contributed by atoms with Crippen LogP contribution in [-0.4, -0.2) is 22.1 Å². The summed E-state index contributed by atoms with van der Waals surface area (Å²) >= 11 is 0. The molecule has 0 aliphatic heterocycles. The van der Waals surface area contributed by atoms with Crippen LogP contribution in [0.5, 0.6) is 0 Å². The Labute approximate surface area is 99.4 Å². The molecule has 0 aliphatic carbocycles. The SMILES string of the molecule is CCC(c1c[nH]c2ccccc12)[C@H](N)C(=O)O. The van der Waals surface area contributed by atoms with E-state index < -0.39 is 12.0 Å². The highest BCUT2D eigenvalue weighted by Crippen LogP contribution is 2.29. The summed E-state index contributed by atoms with van der Waals surface area (Å²) in [7, 11) is 0. The van der Waals surface area contributed by atoms with Gasteiger partial charge in [-0.25, -0.2) is 0 Å². The number of nitrogens with two attached hydrogens (primary N) is 1. The molecule has 1 heterocycles. The highest BCUT2D eigenvalue weighted by atomic mass is 16.4. The number of carbonyl (C=O) groups is 1. The van der Waals surface area contributed by atoms with Gasteiger partial charge in [0.2, 0.25) is 0 Å². The van der Waals surface area contributed by atoms with E-state index in [4.69, 9.17) is 10.8 Å². The van der Waals surface area contributed by atoms with Gasteiger partial charge in [-0.2, -0.15) is 0 Å². The van der Waals surface area contributed by atoms with Crippen molar-refractivity contribution in [3.05, 3.63) is 36.0 Å². The van der Waals surface area contributed by atoms with Gasteiger partial charge in [0.25, 0.3) is 0 Å². The molecule has 0 saturated heterocycles. The normalized spacial score (nSPS) is 14.7. The lowest BCUT2D eigenvalue weighted by molar-refractivity contribution is -0.139. The fourth-order valence-corrected chi connectivity index (χ4v) is 2.24. The highest BCUT2D eigenvalue weighted by Gasteiger charge is 2.26. The maximum Gasteiger partial charge on any atom is 0.321 e. The molecule has 2 rings (SSSR count). The summed E-state index contributed by atoms with van der Waals surface area (Å²) in [4.78, 5) is 14.1. The Kier molecular flexibility index (Phi) is 3.15. The summed E-state index contributed by atoms with van der Waals surface area (Å²) in [5.41, 5.74) is 7.74. The van der Waals surface area contributed by atoms with Crippen LogP contribution in [0.25, 0.3) is 10.9 Å². The van der Waals surface area contributed by atoms with Gasteiger partial charge in [-0.15, -0.1) is 0 Å². The molecule has 17 heavy (non-hydrogen) atoms. The first kappa shape index (κ1) is 11.7. The minimum absolute atomic E-state index is 0.163. The summed E-state index contributed by atoms with van der Waals surface area (Å²) in [6.45, 7) is 1.95. The van der Waals surface area contributed by atoms with Gasteiger partial charge in [-0.3, -0.25) is 4.79 Å². The molecule has 0 spiro atoms. The molecule has 90 valence electrons. The Hall–Kier alpha value is -1.81. The van der Waals surface area contributed by atoms with E-state index in [0.717, 1.165) is 16.5 Å². The molecule has 2 atom stereocenters. The van der Waals surface area contributed by atoms with Crippen molar-refractivity contribution in [3.63, 3.8) is 0 Å². The van der Waals surface area contributed by atoms with Crippen LogP contribution >= 0.6 is 0 Å². The van der Waals surface area contributed by atoms with Crippen molar-refractivity contribution >= 4 is 16.9 Å². The van der Waals surface area contributed by atoms with Crippen LogP contribution in [0.15, 0.2) is 30.5 Å². The number of aromatic nitrogens is 1. The first-order chi connectivity index (χ1) is 8.15. The van der Waals surface area contributed by atoms with Gasteiger partial charge in [-0.1, -0.05) is 25.1 Å². The third-order valence-corrected chi connectivity index (χ3v) is 3.18. The molecule has 0 saturated carbocycles. The zero-order valence-corrected chi connectivity index (χ0v) is 9.68. The van der Waals surface area contributed by atoms with Crippen molar-refractivity contribution in [3.8, 4) is 0 Å². The molecule has 1 unspecified atom stereocenters. The Morgan fingerprint density at radius 3 is 2.82 bits per heavy atom. The van der Waals surface area contributed by atoms with Gasteiger partial charge in [-0.05, 0) is 18.1 Å². The second kappa shape index (κ2) is 4.59. The molecule has 4 heteroatoms. The molecule has 0 fully saturated rings. The fourth-order valence-electron chi connectivity index (χ4n) is 2.24. The molecule has 1 aromatic heterocycles. The number of rotatable bonds is 4. The van der Waals surface area contributed by atoms with Crippen LogP contribution < -0.4 is 5.73 Å². The first-order valence-electron chi connectivity index (χ1n) is 5.69. The molecule has 0 aliphatic rings. The number of hydrogen-bond donors (Lipinski definition) is 3. The van der Waals surface area contributed by atoms with E-state index in [0.29, 0.717) is 6.42 Å². The number of benzene rings is 1. The number of fused-ring (bicyclic) bond motifs is 1. The van der Waals surface area contributed by atoms with Crippen LogP contribution in [0.4, 0.5) is 0 Å². The Morgan fingerprint density at radius 1 is 1.47 bits per heavy atom. The number of nitrogens with one attached hydrogen (secondary N) is 1. The van der Waals surface area contributed by atoms with Crippen molar-refractivity contribution in [1.29, 1.82) is 0 Å². The predicted molar refractivity (Wildman–Crippen MR) is 66.9 cm³/mol. The average molecular weight is 232 g/mol. The van der Waals surface area contributed by atoms with E-state index in [1.807, 2.05) is 37.4 Å². The summed E-state index contributed by atoms with van der Waals surface area (Å²) in [6.07, 6.45) is 2.57. The van der Waals surface area contributed by atoms with E-state index in [-0.39, 0.29) is 5.92 Å². The lowest BCUT2D eigenvalue weighted by atomic mass is 9.89. The molecule has 0 bridgehead atoms. The molecular weight excluding hydrogens is 216 g/mol. The molecule has 4 N–H and O–H groups in total. The Balaban J connectivity index is 2.47. The predicted octanol–water partition coefficient (Wildman–Crippen LogP) is 2.07. The number of para-hydroxylation sites is 1. The number of carboxylic acids is 1. The first-order valence-corrected chi connectivity index (χ1v) is 5.69. The summed E-state index contributed by atoms with van der Waals surface area (Å²) in [5, 5.41) is 10.1. The zero-order chi connectivity index (χ0) is 12.4. The molecule has 4 nitrogen and oxygen atoms in total. The second-order valence-electron chi connectivity index (χ2n) is 4.17. The quantitative estimate of drug-likeness (QED) is 0.755. The summed E-state index contributed by atoms with van der Waals surface area (Å²) in [5.74, 6) is -1.12. The van der Waals surface area contributed by atoms with Gasteiger partial charge < -0.3 is 15.8 Å². The summed E-state index contributed by atoms with van der Waals surface area (Å²) < 4.78 is 0. The topological polar surface area (TPSA) is 79.1 Å². The molecular formula is C13H16N2O2. The number of aliphatic carboxylic acids is 1. The standard InChI is InChI=1S/C13H16N2O2/c1-2-8(12(14)13(16)17)10-7-15-11-6-4-3-5-9(10)11/h3-8,12,15H,2,14H2,1H3,(H,16,17)/t8?,12-/m0/s1. The van der Waals surface area contributed by atoms with Crippen molar-refractivity contribution in [1.82, 2.24) is 4.98 Å². The fraction of sp³-hybridized carbons (Fsp3) is 0.308. The smallest absolute Gasteiger partial charge is 0.321 e. The minimum Gasteiger partial charge on any atom is -0.480 e. The van der Waals surface area contributed by atoms with Crippen molar-refractivity contribution in [2.45, 2.75) is 25.3 Å². The number of carboxylic acid groups (broad SMARTS) is 1. The van der Waals surface area contributed by atoms with E-state index in [1.165, 1.54) is 0 Å². The van der Waals surface area contributed by atoms with E-state index in [1.54, 1.807) is 0 Å². The van der Waals surface area contributed by atoms with Crippen molar-refractivity contribution < 1.29 is 9.90 Å². The van der Waals surface area contributed by atoms with Crippen LogP contribution in [0.3, 0.4) is 0 Å². The number of hydrogen-bond acceptors (Lipinski definition) is 2. The van der Waals surface area contributed by atoms with Crippen LogP contribution in [0.2, 0.25) is 0 Å². The van der Waals surface area contributed by atoms with Gasteiger partial charge in [0.05, 0.1) is 0 Å². The second-order valence-corrected chi connectivity index (χ2v) is 4.17. The lowest BCUT2D eigenvalue weighted by Crippen LogP contribution is -2.36. The number of aromatic amines is 1. The maximum absolute atomic E-state index is 11.0. The van der Waals surface area contributed by atoms with Crippen molar-refractivity contribution in [2.24, 2.45) is 5.73 Å². The summed E-state index contributed by atoms with van der Waals surface area (Å²) in [6, 6.07) is 6.98. The maximum atomic E-state index is 11.0. The molecule has 0 amide bonds. The largest absolute Gasteiger partial charge is 0.480 e. The third kappa shape index (κ3) is 2.03. The van der Waals surface area contributed by atoms with Crippen LogP contribution in [-0.2, 0) is 4.79 Å². The highest BCUT2D eigenvalue weighted by molar-refractivity contribution is 5.85. The van der Waals surface area contributed by atoms with Gasteiger partial charge in [0.1, 0.15) is 6.04 Å². The van der Waals surface area contributed by atoms with Crippen LogP contribution in [0.1, 0.15) is 24.8 Å². The van der Waals surface area contributed by atoms with Gasteiger partial charge in [0.15, 0.2) is 0 Å². The monoisotopic (exact) mass is 232 g/mol. The average Bonchev–Trinajstić information content (AvgIpc) is 2.74. The third-order valence-electron chi connectivity index (χ3n) is 3.18. The van der Waals surface area contributed by atoms with Crippen molar-refractivity contribution in [2.75, 3.05) is 0 Å². The van der Waals surface area contributed by atoms with Crippen LogP contribution in [0, 0.1) is 0 Å². The lowest BCUT2D eigenvalue weighted by Gasteiger charge is -2.18. The molecule has 0 radical (unpaired) electrons. The molecule has 1 aromatic carbocycles. The number of H-pyrrole nitrogens is 1. The van der Waals surface area contributed by atoms with E-state index >= 15 is 0 Å². The van der Waals surface area contributed by atoms with E-state index in [9.17, 15) is 4.79 Å². The van der Waals surface area contributed by atoms with E-state index in [2.05, 4.69) is 4.98 Å². The zero-order valence-electron chi connectivity index (χ0n) is 9.68. The molecule has 2 aromatic rings.